The van der Waals surface area contributed by atoms with Crippen molar-refractivity contribution in [1.29, 1.82) is 0 Å². The number of unbranched alkanes of at least 4 members (excludes halogenated alkanes) is 9. The van der Waals surface area contributed by atoms with Crippen LogP contribution in [-0.4, -0.2) is 108 Å². The second-order valence-electron chi connectivity index (χ2n) is 17.6. The number of esters is 1. The van der Waals surface area contributed by atoms with Crippen molar-refractivity contribution in [3.8, 4) is 5.75 Å². The largest absolute Gasteiger partial charge is 0.489 e. The van der Waals surface area contributed by atoms with Crippen LogP contribution in [0.1, 0.15) is 144 Å². The van der Waals surface area contributed by atoms with E-state index in [1.165, 1.54) is 92.3 Å². The van der Waals surface area contributed by atoms with Crippen LogP contribution in [0.25, 0.3) is 0 Å². The lowest BCUT2D eigenvalue weighted by molar-refractivity contribution is -0.145. The standard InChI is InChI=1S/C42H64N4O13S/c1-11-12-13-14-15-16-17-18-19-20-23-60(54,55)43-25-29(26-45-36(50)41(7,8)58-38(45)52)57-35(49)28-21-22-30(31(24-28)56-27(2)3)44-34(48)32(33(47)40(4,5)6)46-37(51)42(9,10)59-39(46)53/h21-22,24,27,29,32,43H,11-20,23,25-26H2,1-10H3,(H,44,48). The van der Waals surface area contributed by atoms with E-state index in [-0.39, 0.29) is 22.8 Å². The molecule has 0 aromatic heterocycles. The molecule has 0 aliphatic carbocycles. The minimum Gasteiger partial charge on any atom is -0.489 e. The number of hydrogen-bond acceptors (Lipinski definition) is 13. The van der Waals surface area contributed by atoms with Gasteiger partial charge in [0.1, 0.15) is 11.9 Å². The van der Waals surface area contributed by atoms with Gasteiger partial charge in [0, 0.05) is 12.0 Å². The van der Waals surface area contributed by atoms with E-state index in [9.17, 15) is 42.0 Å². The molecule has 2 aliphatic heterocycles. The first-order chi connectivity index (χ1) is 27.8. The molecule has 60 heavy (non-hydrogen) atoms. The number of ketones is 1. The highest BCUT2D eigenvalue weighted by atomic mass is 32.2. The second-order valence-corrected chi connectivity index (χ2v) is 19.5. The van der Waals surface area contributed by atoms with Crippen LogP contribution in [0.3, 0.4) is 0 Å². The number of hydrogen-bond donors (Lipinski definition) is 2. The minimum atomic E-state index is -3.85. The third-order valence-corrected chi connectivity index (χ3v) is 11.3. The highest BCUT2D eigenvalue weighted by Crippen LogP contribution is 2.32. The van der Waals surface area contributed by atoms with Crippen molar-refractivity contribution in [2.24, 2.45) is 5.41 Å². The van der Waals surface area contributed by atoms with Gasteiger partial charge in [-0.15, -0.1) is 0 Å². The number of carbonyl (C=O) groups excluding carboxylic acids is 7. The van der Waals surface area contributed by atoms with Crippen LogP contribution >= 0.6 is 0 Å². The fraction of sp³-hybridized carbons (Fsp3) is 0.690. The van der Waals surface area contributed by atoms with Crippen LogP contribution in [-0.2, 0) is 43.4 Å². The Labute approximate surface area is 354 Å². The number of anilines is 1. The summed E-state index contributed by atoms with van der Waals surface area (Å²) < 4.78 is 50.4. The van der Waals surface area contributed by atoms with Crippen molar-refractivity contribution < 1.29 is 60.9 Å². The van der Waals surface area contributed by atoms with Gasteiger partial charge in [-0.25, -0.2) is 37.3 Å². The Hall–Kier alpha value is -4.58. The van der Waals surface area contributed by atoms with Gasteiger partial charge >= 0.3 is 18.2 Å². The molecule has 336 valence electrons. The maximum atomic E-state index is 13.9. The van der Waals surface area contributed by atoms with Gasteiger partial charge in [0.25, 0.3) is 17.7 Å². The first kappa shape index (κ1) is 49.8. The molecular weight excluding hydrogens is 801 g/mol. The van der Waals surface area contributed by atoms with Crippen LogP contribution in [0.2, 0.25) is 0 Å². The van der Waals surface area contributed by atoms with Crippen LogP contribution in [0, 0.1) is 5.41 Å². The summed E-state index contributed by atoms with van der Waals surface area (Å²) in [6, 6.07) is 1.87. The zero-order chi connectivity index (χ0) is 45.2. The molecule has 2 N–H and O–H groups in total. The van der Waals surface area contributed by atoms with Crippen molar-refractivity contribution >= 4 is 57.4 Å². The molecule has 17 nitrogen and oxygen atoms in total. The molecular formula is C42H64N4O13S. The monoisotopic (exact) mass is 864 g/mol. The Morgan fingerprint density at radius 1 is 0.817 bits per heavy atom. The molecule has 2 fully saturated rings. The van der Waals surface area contributed by atoms with Gasteiger partial charge in [-0.2, -0.15) is 0 Å². The van der Waals surface area contributed by atoms with Crippen LogP contribution in [0.15, 0.2) is 18.2 Å². The van der Waals surface area contributed by atoms with Crippen LogP contribution < -0.4 is 14.8 Å². The number of nitrogens with one attached hydrogen (secondary N) is 2. The Balaban J connectivity index is 1.81. The van der Waals surface area contributed by atoms with E-state index in [0.717, 1.165) is 37.0 Å². The number of ether oxygens (including phenoxy) is 4. The molecule has 2 atom stereocenters. The Morgan fingerprint density at radius 2 is 1.37 bits per heavy atom. The number of amides is 5. The summed E-state index contributed by atoms with van der Waals surface area (Å²) in [6.07, 6.45) is 6.19. The van der Waals surface area contributed by atoms with Crippen LogP contribution in [0.5, 0.6) is 5.75 Å². The number of carbonyl (C=O) groups is 7. The van der Waals surface area contributed by atoms with Gasteiger partial charge in [-0.1, -0.05) is 85.5 Å². The summed E-state index contributed by atoms with van der Waals surface area (Å²) in [5.74, 6) is -4.60. The van der Waals surface area contributed by atoms with Gasteiger partial charge in [0.05, 0.1) is 29.7 Å². The number of benzene rings is 1. The lowest BCUT2D eigenvalue weighted by atomic mass is 9.85. The lowest BCUT2D eigenvalue weighted by Crippen LogP contribution is -2.55. The number of Topliss-reactive ketones (excluding diaryl/α,β-unsaturated/α-hetero) is 1. The van der Waals surface area contributed by atoms with E-state index < -0.39 is 99.6 Å². The maximum absolute atomic E-state index is 13.9. The van der Waals surface area contributed by atoms with E-state index >= 15 is 0 Å². The maximum Gasteiger partial charge on any atom is 0.418 e. The van der Waals surface area contributed by atoms with Crippen molar-refractivity contribution in [3.63, 3.8) is 0 Å². The lowest BCUT2D eigenvalue weighted by Gasteiger charge is -2.29. The fourth-order valence-electron chi connectivity index (χ4n) is 6.50. The molecule has 2 heterocycles. The number of sulfonamides is 1. The quantitative estimate of drug-likeness (QED) is 0.0507. The van der Waals surface area contributed by atoms with Gasteiger partial charge in [-0.3, -0.25) is 19.2 Å². The first-order valence-corrected chi connectivity index (χ1v) is 22.4. The Bertz CT molecular complexity index is 1870. The average Bonchev–Trinajstić information content (AvgIpc) is 3.46. The smallest absolute Gasteiger partial charge is 0.418 e. The van der Waals surface area contributed by atoms with Crippen LogP contribution in [0.4, 0.5) is 15.3 Å². The molecule has 0 radical (unpaired) electrons. The molecule has 0 spiro atoms. The van der Waals surface area contributed by atoms with E-state index in [0.29, 0.717) is 11.3 Å². The van der Waals surface area contributed by atoms with Gasteiger partial charge in [-0.05, 0) is 66.2 Å². The Kier molecular flexibility index (Phi) is 17.3. The van der Waals surface area contributed by atoms with E-state index in [2.05, 4.69) is 17.0 Å². The number of cyclic esters (lactones) is 2. The molecule has 0 saturated carbocycles. The SMILES string of the molecule is CCCCCCCCCCCCS(=O)(=O)NCC(CN1C(=O)OC(C)(C)C1=O)OC(=O)c1ccc(NC(=O)C(C(=O)C(C)(C)C)N2C(=O)OC(C)(C)C2=O)c(OC(C)C)c1. The fourth-order valence-corrected chi connectivity index (χ4v) is 7.66. The van der Waals surface area contributed by atoms with Gasteiger partial charge < -0.3 is 24.3 Å². The summed E-state index contributed by atoms with van der Waals surface area (Å²) in [6.45, 7) is 14.6. The normalized spacial score (nSPS) is 17.4. The summed E-state index contributed by atoms with van der Waals surface area (Å²) in [4.78, 5) is 94.1. The predicted octanol–water partition coefficient (Wildman–Crippen LogP) is 6.28. The topological polar surface area (TPSA) is 221 Å². The minimum absolute atomic E-state index is 0.0276. The second kappa shape index (κ2) is 20.8. The van der Waals surface area contributed by atoms with Gasteiger partial charge in [0.2, 0.25) is 10.0 Å². The third-order valence-electron chi connectivity index (χ3n) is 9.89. The number of rotatable bonds is 24. The first-order valence-electron chi connectivity index (χ1n) is 20.8. The van der Waals surface area contributed by atoms with Crippen molar-refractivity contribution in [2.75, 3.05) is 24.2 Å². The molecule has 0 bridgehead atoms. The highest BCUT2D eigenvalue weighted by Gasteiger charge is 2.55. The van der Waals surface area contributed by atoms with E-state index in [1.807, 2.05) is 0 Å². The summed E-state index contributed by atoms with van der Waals surface area (Å²) in [5, 5.41) is 2.55. The average molecular weight is 865 g/mol. The van der Waals surface area contributed by atoms with E-state index in [1.54, 1.807) is 13.8 Å². The number of nitrogens with zero attached hydrogens (tertiary/aromatic N) is 2. The molecule has 18 heteroatoms. The summed E-state index contributed by atoms with van der Waals surface area (Å²) >= 11 is 0. The molecule has 2 unspecified atom stereocenters. The molecule has 5 amide bonds. The highest BCUT2D eigenvalue weighted by molar-refractivity contribution is 7.89. The molecule has 3 rings (SSSR count). The molecule has 2 aliphatic rings. The molecule has 1 aromatic carbocycles. The zero-order valence-electron chi connectivity index (χ0n) is 36.8. The van der Waals surface area contributed by atoms with E-state index in [4.69, 9.17) is 18.9 Å². The number of imide groups is 2. The van der Waals surface area contributed by atoms with Crippen molar-refractivity contribution in [2.45, 2.75) is 163 Å². The van der Waals surface area contributed by atoms with Crippen molar-refractivity contribution in [3.05, 3.63) is 23.8 Å². The van der Waals surface area contributed by atoms with Gasteiger partial charge in [0.15, 0.2) is 23.0 Å². The third kappa shape index (κ3) is 13.7. The summed E-state index contributed by atoms with van der Waals surface area (Å²) in [7, 11) is -3.85. The Morgan fingerprint density at radius 3 is 1.87 bits per heavy atom. The zero-order valence-corrected chi connectivity index (χ0v) is 37.6. The molecule has 2 saturated heterocycles. The molecule has 1 aromatic rings. The predicted molar refractivity (Wildman–Crippen MR) is 222 cm³/mol. The van der Waals surface area contributed by atoms with Crippen molar-refractivity contribution in [1.82, 2.24) is 14.5 Å². The summed E-state index contributed by atoms with van der Waals surface area (Å²) in [5.41, 5.74) is -4.44.